The Balaban J connectivity index is 1.99. The molecule has 2 aromatic heterocycles. The third-order valence-electron chi connectivity index (χ3n) is 5.10. The highest BCUT2D eigenvalue weighted by Crippen LogP contribution is 2.25. The van der Waals surface area contributed by atoms with E-state index in [0.29, 0.717) is 28.1 Å². The molecule has 4 rings (SSSR count). The molecule has 152 valence electrons. The summed E-state index contributed by atoms with van der Waals surface area (Å²) in [5.74, 6) is 0.461. The van der Waals surface area contributed by atoms with Crippen LogP contribution in [0.5, 0.6) is 0 Å². The fourth-order valence-corrected chi connectivity index (χ4v) is 3.57. The number of aryl methyl sites for hydroxylation is 1. The number of anilines is 1. The molecule has 2 heterocycles. The summed E-state index contributed by atoms with van der Waals surface area (Å²) < 4.78 is 1.93. The number of hydrogen-bond acceptors (Lipinski definition) is 4. The second kappa shape index (κ2) is 7.99. The standard InChI is InChI=1S/C24H24N4O2/c1-16-19(24(30)27(2)3)14-20-21(29)15-22(26-17-10-6-4-7-11-17)28(23(20)25-16)18-12-8-5-9-13-18/h5-6,8-15,26H,4,7H2,1-3H3. The third-order valence-corrected chi connectivity index (χ3v) is 5.10. The van der Waals surface area contributed by atoms with E-state index in [-0.39, 0.29) is 11.3 Å². The van der Waals surface area contributed by atoms with Crippen molar-refractivity contribution >= 4 is 22.8 Å². The number of benzene rings is 1. The summed E-state index contributed by atoms with van der Waals surface area (Å²) in [6, 6.07) is 13.0. The molecule has 0 radical (unpaired) electrons. The van der Waals surface area contributed by atoms with Crippen LogP contribution in [-0.4, -0.2) is 34.5 Å². The van der Waals surface area contributed by atoms with Gasteiger partial charge in [0, 0.05) is 31.5 Å². The van der Waals surface area contributed by atoms with Gasteiger partial charge in [-0.05, 0) is 44.0 Å². The Hall–Kier alpha value is -3.67. The van der Waals surface area contributed by atoms with Crippen molar-refractivity contribution in [1.82, 2.24) is 14.5 Å². The maximum absolute atomic E-state index is 13.0. The molecule has 3 aromatic rings. The molecule has 0 fully saturated rings. The first kappa shape index (κ1) is 19.6. The lowest BCUT2D eigenvalue weighted by atomic mass is 10.1. The number of pyridine rings is 2. The van der Waals surface area contributed by atoms with Crippen molar-refractivity contribution in [3.05, 3.63) is 87.9 Å². The number of hydrogen-bond donors (Lipinski definition) is 1. The van der Waals surface area contributed by atoms with E-state index in [9.17, 15) is 9.59 Å². The van der Waals surface area contributed by atoms with Crippen LogP contribution in [0.2, 0.25) is 0 Å². The van der Waals surface area contributed by atoms with Gasteiger partial charge in [-0.2, -0.15) is 0 Å². The van der Waals surface area contributed by atoms with Gasteiger partial charge < -0.3 is 10.2 Å². The molecule has 0 saturated carbocycles. The van der Waals surface area contributed by atoms with Crippen molar-refractivity contribution in [2.24, 2.45) is 0 Å². The van der Waals surface area contributed by atoms with Crippen LogP contribution < -0.4 is 10.7 Å². The normalized spacial score (nSPS) is 13.2. The van der Waals surface area contributed by atoms with E-state index in [4.69, 9.17) is 4.98 Å². The van der Waals surface area contributed by atoms with E-state index in [2.05, 4.69) is 17.5 Å². The second-order valence-electron chi connectivity index (χ2n) is 7.52. The van der Waals surface area contributed by atoms with Gasteiger partial charge in [0.2, 0.25) is 0 Å². The molecule has 1 aromatic carbocycles. The summed E-state index contributed by atoms with van der Waals surface area (Å²) in [4.78, 5) is 31.8. The summed E-state index contributed by atoms with van der Waals surface area (Å²) in [6.45, 7) is 1.79. The highest BCUT2D eigenvalue weighted by Gasteiger charge is 2.19. The Kier molecular flexibility index (Phi) is 5.23. The molecular weight excluding hydrogens is 376 g/mol. The van der Waals surface area contributed by atoms with Gasteiger partial charge in [-0.3, -0.25) is 14.2 Å². The number of carbonyl (C=O) groups excluding carboxylic acids is 1. The maximum atomic E-state index is 13.0. The average molecular weight is 400 g/mol. The molecule has 6 nitrogen and oxygen atoms in total. The lowest BCUT2D eigenvalue weighted by Crippen LogP contribution is -2.24. The van der Waals surface area contributed by atoms with Crippen LogP contribution in [0.1, 0.15) is 28.9 Å². The lowest BCUT2D eigenvalue weighted by Gasteiger charge is -2.20. The van der Waals surface area contributed by atoms with Gasteiger partial charge in [0.25, 0.3) is 5.91 Å². The number of carbonyl (C=O) groups is 1. The smallest absolute Gasteiger partial charge is 0.255 e. The zero-order valence-electron chi connectivity index (χ0n) is 17.3. The molecule has 0 atom stereocenters. The minimum absolute atomic E-state index is 0.174. The minimum Gasteiger partial charge on any atom is -0.345 e. The molecule has 30 heavy (non-hydrogen) atoms. The molecule has 0 aliphatic heterocycles. The number of nitrogens with one attached hydrogen (secondary N) is 1. The van der Waals surface area contributed by atoms with Crippen molar-refractivity contribution in [3.63, 3.8) is 0 Å². The van der Waals surface area contributed by atoms with Crippen LogP contribution in [0, 0.1) is 6.92 Å². The molecule has 1 aliphatic carbocycles. The van der Waals surface area contributed by atoms with E-state index in [1.807, 2.05) is 41.0 Å². The van der Waals surface area contributed by atoms with E-state index in [1.165, 1.54) is 4.90 Å². The van der Waals surface area contributed by atoms with Gasteiger partial charge in [0.05, 0.1) is 16.6 Å². The van der Waals surface area contributed by atoms with Crippen molar-refractivity contribution in [1.29, 1.82) is 0 Å². The van der Waals surface area contributed by atoms with Crippen LogP contribution in [0.4, 0.5) is 5.82 Å². The van der Waals surface area contributed by atoms with Crippen LogP contribution >= 0.6 is 0 Å². The first-order chi connectivity index (χ1) is 14.5. The molecular formula is C24H24N4O2. The molecule has 0 saturated heterocycles. The summed E-state index contributed by atoms with van der Waals surface area (Å²) in [6.07, 6.45) is 8.20. The van der Waals surface area contributed by atoms with E-state index >= 15 is 0 Å². The molecule has 1 aliphatic rings. The number of aromatic nitrogens is 2. The van der Waals surface area contributed by atoms with E-state index < -0.39 is 0 Å². The van der Waals surface area contributed by atoms with Gasteiger partial charge in [-0.25, -0.2) is 4.98 Å². The fourth-order valence-electron chi connectivity index (χ4n) is 3.57. The fraction of sp³-hybridized carbons (Fsp3) is 0.208. The Bertz CT molecular complexity index is 1240. The topological polar surface area (TPSA) is 67.2 Å². The summed E-state index contributed by atoms with van der Waals surface area (Å²) in [5.41, 5.74) is 3.18. The van der Waals surface area contributed by atoms with Crippen LogP contribution in [0.25, 0.3) is 16.7 Å². The summed E-state index contributed by atoms with van der Waals surface area (Å²) in [5, 5.41) is 3.79. The largest absolute Gasteiger partial charge is 0.345 e. The number of nitrogens with zero attached hydrogens (tertiary/aromatic N) is 3. The van der Waals surface area contributed by atoms with Crippen LogP contribution in [-0.2, 0) is 0 Å². The number of rotatable bonds is 4. The summed E-state index contributed by atoms with van der Waals surface area (Å²) >= 11 is 0. The van der Waals surface area contributed by atoms with E-state index in [1.54, 1.807) is 33.2 Å². The quantitative estimate of drug-likeness (QED) is 0.718. The van der Waals surface area contributed by atoms with Crippen molar-refractivity contribution in [2.75, 3.05) is 19.4 Å². The minimum atomic E-state index is -0.180. The predicted octanol–water partition coefficient (Wildman–Crippen LogP) is 4.04. The molecule has 1 N–H and O–H groups in total. The maximum Gasteiger partial charge on any atom is 0.255 e. The third kappa shape index (κ3) is 3.64. The zero-order chi connectivity index (χ0) is 21.3. The van der Waals surface area contributed by atoms with Crippen LogP contribution in [0.15, 0.2) is 71.2 Å². The van der Waals surface area contributed by atoms with Crippen molar-refractivity contribution in [3.8, 4) is 5.69 Å². The average Bonchev–Trinajstić information content (AvgIpc) is 2.74. The van der Waals surface area contributed by atoms with Gasteiger partial charge >= 0.3 is 0 Å². The number of fused-ring (bicyclic) bond motifs is 1. The Morgan fingerprint density at radius 2 is 1.90 bits per heavy atom. The van der Waals surface area contributed by atoms with Gasteiger partial charge in [-0.1, -0.05) is 30.4 Å². The van der Waals surface area contributed by atoms with Crippen molar-refractivity contribution < 1.29 is 4.79 Å². The monoisotopic (exact) mass is 400 g/mol. The predicted molar refractivity (Wildman–Crippen MR) is 120 cm³/mol. The Morgan fingerprint density at radius 3 is 2.57 bits per heavy atom. The highest BCUT2D eigenvalue weighted by atomic mass is 16.2. The van der Waals surface area contributed by atoms with Crippen molar-refractivity contribution in [2.45, 2.75) is 19.8 Å². The number of allylic oxidation sites excluding steroid dienone is 3. The molecule has 0 bridgehead atoms. The molecule has 0 unspecified atom stereocenters. The number of para-hydroxylation sites is 1. The zero-order valence-corrected chi connectivity index (χ0v) is 17.3. The van der Waals surface area contributed by atoms with E-state index in [0.717, 1.165) is 24.2 Å². The first-order valence-electron chi connectivity index (χ1n) is 9.94. The Labute approximate surface area is 175 Å². The molecule has 1 amide bonds. The first-order valence-corrected chi connectivity index (χ1v) is 9.94. The van der Waals surface area contributed by atoms with Crippen LogP contribution in [0.3, 0.4) is 0 Å². The molecule has 6 heteroatoms. The number of amides is 1. The summed E-state index contributed by atoms with van der Waals surface area (Å²) in [7, 11) is 3.37. The Morgan fingerprint density at radius 1 is 1.13 bits per heavy atom. The highest BCUT2D eigenvalue weighted by molar-refractivity contribution is 5.98. The second-order valence-corrected chi connectivity index (χ2v) is 7.52. The van der Waals surface area contributed by atoms with Gasteiger partial charge in [-0.15, -0.1) is 0 Å². The SMILES string of the molecule is Cc1nc2c(cc1C(=O)N(C)C)c(=O)cc(NC1=CCCC=C1)n2-c1ccccc1. The van der Waals surface area contributed by atoms with Gasteiger partial charge in [0.15, 0.2) is 5.43 Å². The molecule has 0 spiro atoms. The van der Waals surface area contributed by atoms with Gasteiger partial charge in [0.1, 0.15) is 11.5 Å². The lowest BCUT2D eigenvalue weighted by molar-refractivity contribution is 0.0826.